The van der Waals surface area contributed by atoms with Crippen molar-refractivity contribution in [3.05, 3.63) is 29.8 Å². The molecule has 0 aliphatic rings. The third kappa shape index (κ3) is 4.58. The summed E-state index contributed by atoms with van der Waals surface area (Å²) in [4.78, 5) is 11.2. The van der Waals surface area contributed by atoms with E-state index in [2.05, 4.69) is 4.72 Å². The van der Waals surface area contributed by atoms with E-state index in [1.165, 1.54) is 6.92 Å². The van der Waals surface area contributed by atoms with Crippen molar-refractivity contribution in [2.45, 2.75) is 32.1 Å². The molecular formula is C13H19NO3S. The van der Waals surface area contributed by atoms with E-state index < -0.39 is 10.0 Å². The molecule has 0 bridgehead atoms. The molecule has 0 saturated carbocycles. The molecule has 5 heteroatoms. The summed E-state index contributed by atoms with van der Waals surface area (Å²) < 4.78 is 26.4. The van der Waals surface area contributed by atoms with Gasteiger partial charge < -0.3 is 4.79 Å². The van der Waals surface area contributed by atoms with Gasteiger partial charge in [0.1, 0.15) is 5.78 Å². The van der Waals surface area contributed by atoms with Gasteiger partial charge in [-0.3, -0.25) is 0 Å². The van der Waals surface area contributed by atoms with Crippen LogP contribution in [0, 0.1) is 12.8 Å². The fourth-order valence-electron chi connectivity index (χ4n) is 1.62. The quantitative estimate of drug-likeness (QED) is 0.857. The second kappa shape index (κ2) is 6.11. The van der Waals surface area contributed by atoms with E-state index in [0.29, 0.717) is 6.42 Å². The lowest BCUT2D eigenvalue weighted by atomic mass is 10.1. The van der Waals surface area contributed by atoms with Crippen LogP contribution in [0.1, 0.15) is 25.8 Å². The van der Waals surface area contributed by atoms with Crippen LogP contribution in [-0.2, 0) is 14.8 Å². The second-order valence-electron chi connectivity index (χ2n) is 4.68. The Labute approximate surface area is 108 Å². The Kier molecular flexibility index (Phi) is 5.04. The average molecular weight is 269 g/mol. The van der Waals surface area contributed by atoms with Crippen LogP contribution in [0.2, 0.25) is 0 Å². The molecule has 1 N–H and O–H groups in total. The van der Waals surface area contributed by atoms with Crippen molar-refractivity contribution < 1.29 is 13.2 Å². The summed E-state index contributed by atoms with van der Waals surface area (Å²) in [5.74, 6) is 0.0692. The van der Waals surface area contributed by atoms with Crippen molar-refractivity contribution in [2.75, 3.05) is 6.54 Å². The smallest absolute Gasteiger partial charge is 0.240 e. The van der Waals surface area contributed by atoms with Crippen LogP contribution in [0.15, 0.2) is 29.2 Å². The zero-order valence-corrected chi connectivity index (χ0v) is 11.8. The molecule has 0 fully saturated rings. The van der Waals surface area contributed by atoms with Crippen molar-refractivity contribution >= 4 is 15.8 Å². The topological polar surface area (TPSA) is 63.2 Å². The molecule has 18 heavy (non-hydrogen) atoms. The van der Waals surface area contributed by atoms with Crippen molar-refractivity contribution in [3.8, 4) is 0 Å². The summed E-state index contributed by atoms with van der Waals surface area (Å²) in [6, 6.07) is 6.67. The number of Topliss-reactive ketones (excluding diaryl/α,β-unsaturated/α-hetero) is 1. The lowest BCUT2D eigenvalue weighted by Crippen LogP contribution is -2.29. The fourth-order valence-corrected chi connectivity index (χ4v) is 2.78. The molecule has 1 rings (SSSR count). The van der Waals surface area contributed by atoms with Gasteiger partial charge in [0.05, 0.1) is 4.90 Å². The zero-order valence-electron chi connectivity index (χ0n) is 10.9. The van der Waals surface area contributed by atoms with E-state index in [1.54, 1.807) is 24.3 Å². The summed E-state index contributed by atoms with van der Waals surface area (Å²) >= 11 is 0. The van der Waals surface area contributed by atoms with Gasteiger partial charge in [0.2, 0.25) is 10.0 Å². The van der Waals surface area contributed by atoms with Gasteiger partial charge in [-0.05, 0) is 31.9 Å². The minimum Gasteiger partial charge on any atom is -0.300 e. The molecule has 0 spiro atoms. The molecule has 0 aliphatic carbocycles. The molecule has 0 aliphatic heterocycles. The van der Waals surface area contributed by atoms with Gasteiger partial charge in [-0.2, -0.15) is 0 Å². The summed E-state index contributed by atoms with van der Waals surface area (Å²) in [5, 5.41) is 0. The first-order chi connectivity index (χ1) is 8.31. The molecule has 0 heterocycles. The third-order valence-corrected chi connectivity index (χ3v) is 4.03. The van der Waals surface area contributed by atoms with E-state index >= 15 is 0 Å². The molecule has 0 saturated heterocycles. The Bertz CT molecular complexity index is 506. The van der Waals surface area contributed by atoms with Gasteiger partial charge in [-0.25, -0.2) is 13.1 Å². The molecule has 100 valence electrons. The first-order valence-electron chi connectivity index (χ1n) is 5.87. The summed E-state index contributed by atoms with van der Waals surface area (Å²) in [5.41, 5.74) is 1.01. The molecule has 0 amide bonds. The van der Waals surface area contributed by atoms with Crippen LogP contribution in [-0.4, -0.2) is 20.7 Å². The number of aryl methyl sites for hydroxylation is 1. The van der Waals surface area contributed by atoms with E-state index in [4.69, 9.17) is 0 Å². The van der Waals surface area contributed by atoms with Crippen molar-refractivity contribution in [1.82, 2.24) is 4.72 Å². The highest BCUT2D eigenvalue weighted by Gasteiger charge is 2.15. The number of benzene rings is 1. The Balaban J connectivity index is 2.65. The maximum Gasteiger partial charge on any atom is 0.240 e. The van der Waals surface area contributed by atoms with E-state index in [1.807, 2.05) is 13.8 Å². The largest absolute Gasteiger partial charge is 0.300 e. The minimum absolute atomic E-state index is 0.00252. The van der Waals surface area contributed by atoms with Gasteiger partial charge >= 0.3 is 0 Å². The van der Waals surface area contributed by atoms with Crippen LogP contribution in [0.3, 0.4) is 0 Å². The summed E-state index contributed by atoms with van der Waals surface area (Å²) in [6.07, 6.45) is 0.385. The molecule has 1 unspecified atom stereocenters. The highest BCUT2D eigenvalue weighted by molar-refractivity contribution is 7.89. The van der Waals surface area contributed by atoms with Gasteiger partial charge in [0.25, 0.3) is 0 Å². The lowest BCUT2D eigenvalue weighted by molar-refractivity contribution is -0.117. The molecule has 0 aromatic heterocycles. The number of nitrogens with one attached hydrogen (secondary N) is 1. The van der Waals surface area contributed by atoms with E-state index in [9.17, 15) is 13.2 Å². The second-order valence-corrected chi connectivity index (χ2v) is 6.44. The minimum atomic E-state index is -3.47. The van der Waals surface area contributed by atoms with Gasteiger partial charge in [-0.1, -0.05) is 24.6 Å². The number of hydrogen-bond donors (Lipinski definition) is 1. The average Bonchev–Trinajstić information content (AvgIpc) is 2.26. The highest BCUT2D eigenvalue weighted by Crippen LogP contribution is 2.10. The number of hydrogen-bond acceptors (Lipinski definition) is 3. The number of ketones is 1. The maximum atomic E-state index is 11.9. The number of sulfonamides is 1. The monoisotopic (exact) mass is 269 g/mol. The van der Waals surface area contributed by atoms with Crippen LogP contribution < -0.4 is 4.72 Å². The Morgan fingerprint density at radius 1 is 1.28 bits per heavy atom. The predicted octanol–water partition coefficient (Wildman–Crippen LogP) is 1.89. The molecule has 1 atom stereocenters. The van der Waals surface area contributed by atoms with Gasteiger partial charge in [-0.15, -0.1) is 0 Å². The zero-order chi connectivity index (χ0) is 13.8. The first-order valence-corrected chi connectivity index (χ1v) is 7.35. The van der Waals surface area contributed by atoms with E-state index in [-0.39, 0.29) is 23.1 Å². The Morgan fingerprint density at radius 2 is 1.83 bits per heavy atom. The summed E-state index contributed by atoms with van der Waals surface area (Å²) in [6.45, 7) is 5.53. The van der Waals surface area contributed by atoms with Crippen molar-refractivity contribution in [1.29, 1.82) is 0 Å². The molecule has 1 aromatic carbocycles. The Morgan fingerprint density at radius 3 is 2.33 bits per heavy atom. The molecule has 4 nitrogen and oxygen atoms in total. The van der Waals surface area contributed by atoms with Crippen LogP contribution in [0.25, 0.3) is 0 Å². The van der Waals surface area contributed by atoms with Crippen molar-refractivity contribution in [2.24, 2.45) is 5.92 Å². The van der Waals surface area contributed by atoms with Gasteiger partial charge in [0.15, 0.2) is 0 Å². The SMILES string of the molecule is CC(=O)CC(C)CNS(=O)(=O)c1ccc(C)cc1. The first kappa shape index (κ1) is 14.9. The lowest BCUT2D eigenvalue weighted by Gasteiger charge is -2.11. The fraction of sp³-hybridized carbons (Fsp3) is 0.462. The molecule has 0 radical (unpaired) electrons. The number of carbonyl (C=O) groups is 1. The van der Waals surface area contributed by atoms with Crippen LogP contribution in [0.4, 0.5) is 0 Å². The highest BCUT2D eigenvalue weighted by atomic mass is 32.2. The standard InChI is InChI=1S/C13H19NO3S/c1-10-4-6-13(7-5-10)18(16,17)14-9-11(2)8-12(3)15/h4-7,11,14H,8-9H2,1-3H3. The normalized spacial score (nSPS) is 13.3. The maximum absolute atomic E-state index is 11.9. The van der Waals surface area contributed by atoms with Crippen LogP contribution >= 0.6 is 0 Å². The molecular weight excluding hydrogens is 250 g/mol. The third-order valence-electron chi connectivity index (χ3n) is 2.59. The molecule has 1 aromatic rings. The summed E-state index contributed by atoms with van der Waals surface area (Å²) in [7, 11) is -3.47. The van der Waals surface area contributed by atoms with E-state index in [0.717, 1.165) is 5.56 Å². The van der Waals surface area contributed by atoms with Crippen LogP contribution in [0.5, 0.6) is 0 Å². The number of carbonyl (C=O) groups excluding carboxylic acids is 1. The van der Waals surface area contributed by atoms with Gasteiger partial charge in [0, 0.05) is 13.0 Å². The Hall–Kier alpha value is -1.20. The predicted molar refractivity (Wildman–Crippen MR) is 70.8 cm³/mol. The number of rotatable bonds is 6. The van der Waals surface area contributed by atoms with Crippen molar-refractivity contribution in [3.63, 3.8) is 0 Å².